The fourth-order valence-electron chi connectivity index (χ4n) is 3.82. The maximum absolute atomic E-state index is 13.0. The third kappa shape index (κ3) is 3.59. The Bertz CT molecular complexity index is 1500. The summed E-state index contributed by atoms with van der Waals surface area (Å²) in [6.45, 7) is 0. The van der Waals surface area contributed by atoms with Crippen molar-refractivity contribution in [3.8, 4) is 22.4 Å². The lowest BCUT2D eigenvalue weighted by Crippen LogP contribution is -2.12. The van der Waals surface area contributed by atoms with Gasteiger partial charge in [-0.3, -0.25) is 9.59 Å². The second-order valence-electron chi connectivity index (χ2n) is 7.35. The number of amides is 1. The lowest BCUT2D eigenvalue weighted by molar-refractivity contribution is 0.102. The second kappa shape index (κ2) is 8.21. The molecule has 5 aromatic rings. The Morgan fingerprint density at radius 1 is 0.875 bits per heavy atom. The van der Waals surface area contributed by atoms with Gasteiger partial charge in [0.2, 0.25) is 0 Å². The number of nitrogens with one attached hydrogen (secondary N) is 3. The van der Waals surface area contributed by atoms with E-state index in [4.69, 9.17) is 11.6 Å². The van der Waals surface area contributed by atoms with Gasteiger partial charge in [-0.1, -0.05) is 54.1 Å². The van der Waals surface area contributed by atoms with Crippen molar-refractivity contribution in [2.24, 2.45) is 0 Å². The molecule has 0 fully saturated rings. The molecule has 32 heavy (non-hydrogen) atoms. The van der Waals surface area contributed by atoms with Gasteiger partial charge in [0.05, 0.1) is 22.0 Å². The summed E-state index contributed by atoms with van der Waals surface area (Å²) in [4.78, 5) is 31.6. The first-order chi connectivity index (χ1) is 15.6. The highest BCUT2D eigenvalue weighted by molar-refractivity contribution is 6.34. The minimum absolute atomic E-state index is 0.187. The lowest BCUT2D eigenvalue weighted by atomic mass is 9.98. The smallest absolute Gasteiger partial charge is 0.257 e. The third-order valence-corrected chi connectivity index (χ3v) is 5.66. The molecule has 1 amide bonds. The van der Waals surface area contributed by atoms with Crippen LogP contribution in [0.5, 0.6) is 0 Å². The van der Waals surface area contributed by atoms with E-state index < -0.39 is 0 Å². The van der Waals surface area contributed by atoms with Gasteiger partial charge in [-0.25, -0.2) is 0 Å². The van der Waals surface area contributed by atoms with E-state index in [1.165, 1.54) is 0 Å². The lowest BCUT2D eigenvalue weighted by Gasteiger charge is -2.08. The molecule has 156 valence electrons. The summed E-state index contributed by atoms with van der Waals surface area (Å²) in [5, 5.41) is 4.18. The monoisotopic (exact) mass is 439 g/mol. The summed E-state index contributed by atoms with van der Waals surface area (Å²) in [5.74, 6) is -0.265. The first-order valence-electron chi connectivity index (χ1n) is 10.1. The minimum Gasteiger partial charge on any atom is -0.354 e. The molecular weight excluding hydrogens is 422 g/mol. The number of fused-ring (bicyclic) bond motifs is 1. The number of carbonyl (C=O) groups excluding carboxylic acids is 1. The van der Waals surface area contributed by atoms with E-state index in [0.717, 1.165) is 22.0 Å². The number of benzene rings is 3. The van der Waals surface area contributed by atoms with E-state index in [1.54, 1.807) is 36.5 Å². The van der Waals surface area contributed by atoms with Gasteiger partial charge in [-0.2, -0.15) is 0 Å². The number of anilines is 1. The number of hydrogen-bond acceptors (Lipinski definition) is 2. The van der Waals surface area contributed by atoms with E-state index >= 15 is 0 Å². The van der Waals surface area contributed by atoms with Crippen molar-refractivity contribution in [2.45, 2.75) is 0 Å². The summed E-state index contributed by atoms with van der Waals surface area (Å²) in [7, 11) is 0. The number of pyridine rings is 1. The first-order valence-corrected chi connectivity index (χ1v) is 10.4. The Balaban J connectivity index is 1.67. The van der Waals surface area contributed by atoms with E-state index in [-0.39, 0.29) is 11.5 Å². The Hall–Kier alpha value is -4.09. The van der Waals surface area contributed by atoms with Crippen molar-refractivity contribution in [3.05, 3.63) is 112 Å². The minimum atomic E-state index is -0.265. The molecule has 2 aromatic heterocycles. The van der Waals surface area contributed by atoms with Crippen molar-refractivity contribution < 1.29 is 4.79 Å². The van der Waals surface area contributed by atoms with Crippen LogP contribution in [-0.2, 0) is 0 Å². The number of para-hydroxylation sites is 1. The number of halogens is 1. The van der Waals surface area contributed by atoms with E-state index in [1.807, 2.05) is 54.6 Å². The second-order valence-corrected chi connectivity index (χ2v) is 7.76. The molecule has 5 rings (SSSR count). The highest BCUT2D eigenvalue weighted by Gasteiger charge is 2.19. The molecule has 5 nitrogen and oxygen atoms in total. The van der Waals surface area contributed by atoms with Gasteiger partial charge in [0.25, 0.3) is 11.5 Å². The van der Waals surface area contributed by atoms with Crippen LogP contribution < -0.4 is 10.9 Å². The fraction of sp³-hybridized carbons (Fsp3) is 0. The van der Waals surface area contributed by atoms with Crippen LogP contribution in [0.3, 0.4) is 0 Å². The third-order valence-electron chi connectivity index (χ3n) is 5.33. The van der Waals surface area contributed by atoms with E-state index in [2.05, 4.69) is 15.3 Å². The van der Waals surface area contributed by atoms with Gasteiger partial charge in [-0.05, 0) is 48.0 Å². The molecule has 0 aliphatic carbocycles. The fourth-order valence-corrected chi connectivity index (χ4v) is 4.00. The van der Waals surface area contributed by atoms with Gasteiger partial charge in [0.15, 0.2) is 0 Å². The Morgan fingerprint density at radius 3 is 2.44 bits per heavy atom. The molecule has 0 aliphatic rings. The number of rotatable bonds is 4. The molecule has 3 N–H and O–H groups in total. The van der Waals surface area contributed by atoms with Gasteiger partial charge >= 0.3 is 0 Å². The van der Waals surface area contributed by atoms with Crippen molar-refractivity contribution in [2.75, 3.05) is 5.32 Å². The number of H-pyrrole nitrogens is 2. The summed E-state index contributed by atoms with van der Waals surface area (Å²) in [5.41, 5.74) is 4.73. The predicted molar refractivity (Wildman–Crippen MR) is 129 cm³/mol. The van der Waals surface area contributed by atoms with E-state index in [9.17, 15) is 9.59 Å². The highest BCUT2D eigenvalue weighted by Crippen LogP contribution is 2.37. The van der Waals surface area contributed by atoms with Crippen LogP contribution in [0.4, 0.5) is 5.69 Å². The van der Waals surface area contributed by atoms with Crippen LogP contribution in [0.25, 0.3) is 33.3 Å². The molecular formula is C26H18ClN3O2. The van der Waals surface area contributed by atoms with Gasteiger partial charge in [0, 0.05) is 28.2 Å². The number of aromatic nitrogens is 2. The number of carbonyl (C=O) groups is 1. The molecule has 0 spiro atoms. The Labute approximate surface area is 188 Å². The zero-order valence-corrected chi connectivity index (χ0v) is 17.6. The molecule has 6 heteroatoms. The maximum Gasteiger partial charge on any atom is 0.257 e. The molecule has 0 bridgehead atoms. The molecule has 0 radical (unpaired) electrons. The standard InChI is InChI=1S/C26H18ClN3O2/c27-20-10-4-5-11-22(20)30-25(31)17-12-13-21-19(15-17)23(16-7-2-1-3-8-16)24(29-21)18-9-6-14-28-26(18)32/h1-15,29H,(H,28,32)(H,30,31). The molecule has 0 aliphatic heterocycles. The van der Waals surface area contributed by atoms with Crippen molar-refractivity contribution >= 4 is 34.1 Å². The topological polar surface area (TPSA) is 77.8 Å². The van der Waals surface area contributed by atoms with E-state index in [0.29, 0.717) is 27.5 Å². The zero-order valence-electron chi connectivity index (χ0n) is 16.9. The summed E-state index contributed by atoms with van der Waals surface area (Å²) in [6, 6.07) is 25.9. The summed E-state index contributed by atoms with van der Waals surface area (Å²) in [6.07, 6.45) is 1.60. The quantitative estimate of drug-likeness (QED) is 0.316. The first kappa shape index (κ1) is 19.8. The Kier molecular flexibility index (Phi) is 5.09. The van der Waals surface area contributed by atoms with Crippen molar-refractivity contribution in [1.82, 2.24) is 9.97 Å². The van der Waals surface area contributed by atoms with Gasteiger partial charge < -0.3 is 15.3 Å². The molecule has 0 saturated carbocycles. The summed E-state index contributed by atoms with van der Waals surface area (Å²) < 4.78 is 0. The average Bonchev–Trinajstić information content (AvgIpc) is 3.20. The van der Waals surface area contributed by atoms with Crippen molar-refractivity contribution in [1.29, 1.82) is 0 Å². The van der Waals surface area contributed by atoms with Crippen LogP contribution in [0.1, 0.15) is 10.4 Å². The number of aromatic amines is 2. The van der Waals surface area contributed by atoms with Crippen LogP contribution in [0.15, 0.2) is 95.9 Å². The molecule has 2 heterocycles. The van der Waals surface area contributed by atoms with Gasteiger partial charge in [-0.15, -0.1) is 0 Å². The SMILES string of the molecule is O=C(Nc1ccccc1Cl)c1ccc2[nH]c(-c3ccc[nH]c3=O)c(-c3ccccc3)c2c1. The predicted octanol–water partition coefficient (Wildman–Crippen LogP) is 6.10. The van der Waals surface area contributed by atoms with Crippen LogP contribution >= 0.6 is 11.6 Å². The van der Waals surface area contributed by atoms with Gasteiger partial charge in [0.1, 0.15) is 0 Å². The maximum atomic E-state index is 13.0. The van der Waals surface area contributed by atoms with Crippen LogP contribution in [0, 0.1) is 0 Å². The normalized spacial score (nSPS) is 10.9. The molecule has 0 unspecified atom stereocenters. The van der Waals surface area contributed by atoms with Crippen LogP contribution in [0.2, 0.25) is 5.02 Å². The zero-order chi connectivity index (χ0) is 22.1. The summed E-state index contributed by atoms with van der Waals surface area (Å²) >= 11 is 6.19. The average molecular weight is 440 g/mol. The molecule has 3 aromatic carbocycles. The number of hydrogen-bond donors (Lipinski definition) is 3. The van der Waals surface area contributed by atoms with Crippen LogP contribution in [-0.4, -0.2) is 15.9 Å². The molecule has 0 saturated heterocycles. The molecule has 0 atom stereocenters. The van der Waals surface area contributed by atoms with Crippen molar-refractivity contribution in [3.63, 3.8) is 0 Å². The largest absolute Gasteiger partial charge is 0.354 e. The highest BCUT2D eigenvalue weighted by atomic mass is 35.5. The Morgan fingerprint density at radius 2 is 1.66 bits per heavy atom.